The number of fused-ring (bicyclic) bond motifs is 1. The second-order valence-corrected chi connectivity index (χ2v) is 9.25. The van der Waals surface area contributed by atoms with Gasteiger partial charge in [0.25, 0.3) is 0 Å². The van der Waals surface area contributed by atoms with Crippen molar-refractivity contribution < 1.29 is 22.7 Å². The lowest BCUT2D eigenvalue weighted by Crippen LogP contribution is -2.51. The monoisotopic (exact) mass is 431 g/mol. The average Bonchev–Trinajstić information content (AvgIpc) is 3.00. The number of nitrogens with zero attached hydrogens (tertiary/aromatic N) is 2. The van der Waals surface area contributed by atoms with Gasteiger partial charge in [0.1, 0.15) is 6.04 Å². The van der Waals surface area contributed by atoms with E-state index in [1.54, 1.807) is 12.1 Å². The molecule has 2 aromatic rings. The predicted octanol–water partition coefficient (Wildman–Crippen LogP) is 1.38. The minimum Gasteiger partial charge on any atom is -0.490 e. The molecule has 2 N–H and O–H groups in total. The highest BCUT2D eigenvalue weighted by molar-refractivity contribution is 7.89. The molecule has 2 heterocycles. The van der Waals surface area contributed by atoms with Gasteiger partial charge in [-0.25, -0.2) is 8.42 Å². The Hall–Kier alpha value is -2.62. The van der Waals surface area contributed by atoms with Crippen LogP contribution in [0.2, 0.25) is 0 Å². The Morgan fingerprint density at radius 3 is 2.27 bits per heavy atom. The molecule has 9 heteroatoms. The van der Waals surface area contributed by atoms with E-state index in [1.165, 1.54) is 10.4 Å². The summed E-state index contributed by atoms with van der Waals surface area (Å²) in [6.07, 6.45) is 0.751. The Balaban J connectivity index is 1.49. The zero-order chi connectivity index (χ0) is 21.1. The molecular formula is C21H25N3O5S. The molecule has 2 aliphatic heterocycles. The van der Waals surface area contributed by atoms with E-state index >= 15 is 0 Å². The number of nitrogens with two attached hydrogens (primary N) is 1. The van der Waals surface area contributed by atoms with Crippen LogP contribution in [0.1, 0.15) is 18.0 Å². The van der Waals surface area contributed by atoms with Gasteiger partial charge in [0.05, 0.1) is 18.1 Å². The molecule has 1 amide bonds. The number of rotatable bonds is 5. The lowest BCUT2D eigenvalue weighted by molar-refractivity contribution is -0.124. The van der Waals surface area contributed by atoms with E-state index in [9.17, 15) is 13.2 Å². The van der Waals surface area contributed by atoms with Crippen molar-refractivity contribution in [2.24, 2.45) is 5.73 Å². The maximum atomic E-state index is 13.2. The Morgan fingerprint density at radius 2 is 1.60 bits per heavy atom. The molecule has 160 valence electrons. The number of carbonyl (C=O) groups excluding carboxylic acids is 1. The van der Waals surface area contributed by atoms with Gasteiger partial charge in [0.15, 0.2) is 11.5 Å². The summed E-state index contributed by atoms with van der Waals surface area (Å²) in [6, 6.07) is 13.4. The van der Waals surface area contributed by atoms with Crippen LogP contribution in [0.4, 0.5) is 0 Å². The molecule has 0 bridgehead atoms. The number of benzene rings is 2. The molecule has 0 spiro atoms. The Labute approximate surface area is 176 Å². The number of amides is 1. The first-order chi connectivity index (χ1) is 14.5. The normalized spacial score (nSPS) is 19.1. The number of sulfonamides is 1. The van der Waals surface area contributed by atoms with Crippen molar-refractivity contribution in [3.05, 3.63) is 54.1 Å². The molecule has 0 saturated carbocycles. The molecule has 8 nitrogen and oxygen atoms in total. The van der Waals surface area contributed by atoms with Gasteiger partial charge < -0.3 is 15.2 Å². The van der Waals surface area contributed by atoms with Crippen LogP contribution in [0, 0.1) is 0 Å². The third kappa shape index (κ3) is 4.14. The lowest BCUT2D eigenvalue weighted by Gasteiger charge is -2.37. The van der Waals surface area contributed by atoms with Crippen LogP contribution in [0.5, 0.6) is 11.5 Å². The Kier molecular flexibility index (Phi) is 5.94. The SMILES string of the molecule is NC(=O)C(c1ccccc1)N1CCN(S(=O)(=O)c2ccc3c(c2)OCCCO3)CC1. The Bertz CT molecular complexity index is 1000. The van der Waals surface area contributed by atoms with Gasteiger partial charge in [-0.1, -0.05) is 30.3 Å². The summed E-state index contributed by atoms with van der Waals surface area (Å²) in [5, 5.41) is 0. The first kappa shape index (κ1) is 20.6. The van der Waals surface area contributed by atoms with Crippen LogP contribution in [0.15, 0.2) is 53.4 Å². The van der Waals surface area contributed by atoms with Crippen molar-refractivity contribution in [2.75, 3.05) is 39.4 Å². The molecule has 1 fully saturated rings. The fourth-order valence-corrected chi connectivity index (χ4v) is 5.28. The Morgan fingerprint density at radius 1 is 0.933 bits per heavy atom. The molecule has 1 atom stereocenters. The van der Waals surface area contributed by atoms with E-state index in [-0.39, 0.29) is 18.0 Å². The van der Waals surface area contributed by atoms with Crippen molar-refractivity contribution in [3.8, 4) is 11.5 Å². The third-order valence-electron chi connectivity index (χ3n) is 5.38. The summed E-state index contributed by atoms with van der Waals surface area (Å²) in [7, 11) is -3.69. The summed E-state index contributed by atoms with van der Waals surface area (Å²) < 4.78 is 39.0. The number of piperazine rings is 1. The van der Waals surface area contributed by atoms with E-state index in [0.717, 1.165) is 12.0 Å². The van der Waals surface area contributed by atoms with Crippen LogP contribution in [-0.2, 0) is 14.8 Å². The molecule has 0 aliphatic carbocycles. The van der Waals surface area contributed by atoms with Gasteiger partial charge in [-0.05, 0) is 17.7 Å². The first-order valence-corrected chi connectivity index (χ1v) is 11.4. The van der Waals surface area contributed by atoms with Crippen molar-refractivity contribution in [3.63, 3.8) is 0 Å². The van der Waals surface area contributed by atoms with E-state index in [1.807, 2.05) is 35.2 Å². The van der Waals surface area contributed by atoms with Gasteiger partial charge in [-0.3, -0.25) is 9.69 Å². The standard InChI is InChI=1S/C21H25N3O5S/c22-21(25)20(16-5-2-1-3-6-16)23-9-11-24(12-10-23)30(26,27)17-7-8-18-19(15-17)29-14-4-13-28-18/h1-3,5-8,15,20H,4,9-14H2,(H2,22,25). The van der Waals surface area contributed by atoms with Crippen LogP contribution in [-0.4, -0.2) is 62.9 Å². The lowest BCUT2D eigenvalue weighted by atomic mass is 10.0. The highest BCUT2D eigenvalue weighted by atomic mass is 32.2. The molecule has 30 heavy (non-hydrogen) atoms. The summed E-state index contributed by atoms with van der Waals surface area (Å²) in [5.74, 6) is 0.564. The highest BCUT2D eigenvalue weighted by Gasteiger charge is 2.34. The number of carbonyl (C=O) groups is 1. The molecule has 2 aliphatic rings. The summed E-state index contributed by atoms with van der Waals surface area (Å²) in [4.78, 5) is 14.2. The fourth-order valence-electron chi connectivity index (χ4n) is 3.85. The fraction of sp³-hybridized carbons (Fsp3) is 0.381. The molecule has 2 aromatic carbocycles. The minimum absolute atomic E-state index is 0.176. The van der Waals surface area contributed by atoms with E-state index in [0.29, 0.717) is 37.8 Å². The van der Waals surface area contributed by atoms with Gasteiger partial charge in [0.2, 0.25) is 15.9 Å². The summed E-state index contributed by atoms with van der Waals surface area (Å²) >= 11 is 0. The quantitative estimate of drug-likeness (QED) is 0.767. The van der Waals surface area contributed by atoms with Crippen molar-refractivity contribution in [1.29, 1.82) is 0 Å². The third-order valence-corrected chi connectivity index (χ3v) is 7.27. The van der Waals surface area contributed by atoms with Gasteiger partial charge >= 0.3 is 0 Å². The van der Waals surface area contributed by atoms with Crippen molar-refractivity contribution in [1.82, 2.24) is 9.21 Å². The van der Waals surface area contributed by atoms with Crippen LogP contribution < -0.4 is 15.2 Å². The minimum atomic E-state index is -3.69. The maximum Gasteiger partial charge on any atom is 0.243 e. The number of hydrogen-bond donors (Lipinski definition) is 1. The van der Waals surface area contributed by atoms with Gasteiger partial charge in [-0.2, -0.15) is 4.31 Å². The van der Waals surface area contributed by atoms with Crippen LogP contribution >= 0.6 is 0 Å². The van der Waals surface area contributed by atoms with Gasteiger partial charge in [0, 0.05) is 38.7 Å². The molecule has 4 rings (SSSR count). The first-order valence-electron chi connectivity index (χ1n) is 9.95. The van der Waals surface area contributed by atoms with Crippen molar-refractivity contribution >= 4 is 15.9 Å². The van der Waals surface area contributed by atoms with E-state index in [2.05, 4.69) is 0 Å². The number of primary amides is 1. The van der Waals surface area contributed by atoms with Crippen LogP contribution in [0.25, 0.3) is 0 Å². The number of ether oxygens (including phenoxy) is 2. The van der Waals surface area contributed by atoms with E-state index in [4.69, 9.17) is 15.2 Å². The topological polar surface area (TPSA) is 102 Å². The second kappa shape index (κ2) is 8.63. The molecule has 0 aromatic heterocycles. The zero-order valence-corrected chi connectivity index (χ0v) is 17.4. The summed E-state index contributed by atoms with van der Waals surface area (Å²) in [6.45, 7) is 2.39. The van der Waals surface area contributed by atoms with Gasteiger partial charge in [-0.15, -0.1) is 0 Å². The molecule has 0 radical (unpaired) electrons. The summed E-state index contributed by atoms with van der Waals surface area (Å²) in [5.41, 5.74) is 6.46. The molecule has 1 unspecified atom stereocenters. The molecule has 1 saturated heterocycles. The predicted molar refractivity (Wildman–Crippen MR) is 111 cm³/mol. The largest absolute Gasteiger partial charge is 0.490 e. The van der Waals surface area contributed by atoms with Crippen molar-refractivity contribution in [2.45, 2.75) is 17.4 Å². The molecular weight excluding hydrogens is 406 g/mol. The zero-order valence-electron chi connectivity index (χ0n) is 16.6. The second-order valence-electron chi connectivity index (χ2n) is 7.31. The maximum absolute atomic E-state index is 13.2. The smallest absolute Gasteiger partial charge is 0.243 e. The number of hydrogen-bond acceptors (Lipinski definition) is 6. The average molecular weight is 432 g/mol. The highest BCUT2D eigenvalue weighted by Crippen LogP contribution is 2.33. The van der Waals surface area contributed by atoms with Crippen LogP contribution in [0.3, 0.4) is 0 Å². The van der Waals surface area contributed by atoms with E-state index < -0.39 is 22.0 Å².